The molecule has 1 N–H and O–H groups in total. The Hall–Kier alpha value is -2.10. The number of hydrogen-bond donors (Lipinski definition) is 1. The van der Waals surface area contributed by atoms with Gasteiger partial charge in [-0.05, 0) is 31.2 Å². The molecule has 0 amide bonds. The van der Waals surface area contributed by atoms with Crippen LogP contribution < -0.4 is 15.0 Å². The number of benzene rings is 1. The molecule has 0 radical (unpaired) electrons. The zero-order valence-electron chi connectivity index (χ0n) is 16.3. The summed E-state index contributed by atoms with van der Waals surface area (Å²) in [5.41, 5.74) is 1.47. The fourth-order valence-electron chi connectivity index (χ4n) is 3.16. The van der Waals surface area contributed by atoms with E-state index in [-0.39, 0.29) is 36.3 Å². The first-order valence-corrected chi connectivity index (χ1v) is 9.23. The number of halogens is 2. The summed E-state index contributed by atoms with van der Waals surface area (Å²) in [6.07, 6.45) is 1.59. The third kappa shape index (κ3) is 5.46. The second-order valence-corrected chi connectivity index (χ2v) is 6.25. The quantitative estimate of drug-likeness (QED) is 0.390. The Morgan fingerprint density at radius 2 is 1.93 bits per heavy atom. The second-order valence-electron chi connectivity index (χ2n) is 6.25. The molecule has 1 saturated heterocycles. The fourth-order valence-corrected chi connectivity index (χ4v) is 3.16. The van der Waals surface area contributed by atoms with E-state index in [1.807, 2.05) is 25.1 Å². The van der Waals surface area contributed by atoms with Gasteiger partial charge in [0.1, 0.15) is 11.6 Å². The van der Waals surface area contributed by atoms with Crippen molar-refractivity contribution in [3.05, 3.63) is 54.1 Å². The normalized spacial score (nSPS) is 14.5. The molecule has 28 heavy (non-hydrogen) atoms. The highest BCUT2D eigenvalue weighted by atomic mass is 127. The molecule has 0 spiro atoms. The molecule has 1 aliphatic rings. The number of piperazine rings is 1. The summed E-state index contributed by atoms with van der Waals surface area (Å²) in [7, 11) is 1.70. The van der Waals surface area contributed by atoms with E-state index in [0.29, 0.717) is 5.69 Å². The molecule has 0 aliphatic carbocycles. The van der Waals surface area contributed by atoms with Gasteiger partial charge >= 0.3 is 0 Å². The molecule has 2 aromatic rings. The van der Waals surface area contributed by atoms with E-state index in [1.54, 1.807) is 19.4 Å². The maximum atomic E-state index is 13.8. The number of hydrogen-bond acceptors (Lipinski definition) is 4. The van der Waals surface area contributed by atoms with Crippen LogP contribution in [0.4, 0.5) is 10.1 Å². The molecule has 8 heteroatoms. The van der Waals surface area contributed by atoms with Crippen LogP contribution >= 0.6 is 24.0 Å². The van der Waals surface area contributed by atoms with Crippen LogP contribution in [0.25, 0.3) is 0 Å². The van der Waals surface area contributed by atoms with Crippen LogP contribution in [0.15, 0.2) is 47.6 Å². The molecule has 6 nitrogen and oxygen atoms in total. The van der Waals surface area contributed by atoms with E-state index in [0.717, 1.165) is 50.1 Å². The van der Waals surface area contributed by atoms with Crippen LogP contribution in [-0.4, -0.2) is 55.7 Å². The molecular weight excluding hydrogens is 472 g/mol. The van der Waals surface area contributed by atoms with Gasteiger partial charge < -0.3 is 19.9 Å². The van der Waals surface area contributed by atoms with Crippen molar-refractivity contribution in [2.45, 2.75) is 13.5 Å². The monoisotopic (exact) mass is 499 g/mol. The summed E-state index contributed by atoms with van der Waals surface area (Å²) in [5, 5.41) is 3.30. The van der Waals surface area contributed by atoms with E-state index in [4.69, 9.17) is 4.74 Å². The van der Waals surface area contributed by atoms with Crippen molar-refractivity contribution in [3.8, 4) is 5.75 Å². The summed E-state index contributed by atoms with van der Waals surface area (Å²) >= 11 is 0. The van der Waals surface area contributed by atoms with Gasteiger partial charge in [-0.1, -0.05) is 12.1 Å². The average molecular weight is 499 g/mol. The largest absolute Gasteiger partial charge is 0.495 e. The Balaban J connectivity index is 0.00000280. The van der Waals surface area contributed by atoms with Crippen LogP contribution in [0.2, 0.25) is 0 Å². The minimum Gasteiger partial charge on any atom is -0.495 e. The van der Waals surface area contributed by atoms with Crippen LogP contribution in [0.3, 0.4) is 0 Å². The van der Waals surface area contributed by atoms with Gasteiger partial charge in [-0.3, -0.25) is 4.98 Å². The van der Waals surface area contributed by atoms with Crippen LogP contribution in [-0.2, 0) is 6.54 Å². The molecule has 2 heterocycles. The number of rotatable bonds is 5. The lowest BCUT2D eigenvalue weighted by Gasteiger charge is -2.38. The molecular formula is C20H27FIN5O. The summed E-state index contributed by atoms with van der Waals surface area (Å²) in [5.74, 6) is 1.36. The smallest absolute Gasteiger partial charge is 0.194 e. The lowest BCUT2D eigenvalue weighted by molar-refractivity contribution is 0.367. The van der Waals surface area contributed by atoms with Crippen molar-refractivity contribution in [1.29, 1.82) is 0 Å². The SMILES string of the molecule is CCNC(=NCc1ncccc1F)N1CCN(c2ccccc2OC)CC1.I. The second kappa shape index (κ2) is 11.0. The van der Waals surface area contributed by atoms with Crippen molar-refractivity contribution in [3.63, 3.8) is 0 Å². The zero-order chi connectivity index (χ0) is 19.1. The summed E-state index contributed by atoms with van der Waals surface area (Å²) in [6.45, 7) is 6.40. The van der Waals surface area contributed by atoms with Gasteiger partial charge in [-0.15, -0.1) is 24.0 Å². The topological polar surface area (TPSA) is 53.0 Å². The number of ether oxygens (including phenoxy) is 1. The highest BCUT2D eigenvalue weighted by Crippen LogP contribution is 2.28. The van der Waals surface area contributed by atoms with Gasteiger partial charge in [0, 0.05) is 38.9 Å². The fraction of sp³-hybridized carbons (Fsp3) is 0.400. The molecule has 0 atom stereocenters. The van der Waals surface area contributed by atoms with Crippen molar-refractivity contribution in [2.24, 2.45) is 4.99 Å². The number of aliphatic imine (C=N–C) groups is 1. The Morgan fingerprint density at radius 3 is 2.61 bits per heavy atom. The van der Waals surface area contributed by atoms with Crippen molar-refractivity contribution in [2.75, 3.05) is 44.7 Å². The molecule has 3 rings (SSSR count). The lowest BCUT2D eigenvalue weighted by atomic mass is 10.2. The molecule has 152 valence electrons. The highest BCUT2D eigenvalue weighted by molar-refractivity contribution is 14.0. The van der Waals surface area contributed by atoms with Crippen LogP contribution in [0.5, 0.6) is 5.75 Å². The Kier molecular flexibility index (Phi) is 8.75. The van der Waals surface area contributed by atoms with Gasteiger partial charge in [0.2, 0.25) is 0 Å². The molecule has 1 aromatic carbocycles. The lowest BCUT2D eigenvalue weighted by Crippen LogP contribution is -2.52. The van der Waals surface area contributed by atoms with E-state index in [9.17, 15) is 4.39 Å². The first-order chi connectivity index (χ1) is 13.2. The van der Waals surface area contributed by atoms with E-state index >= 15 is 0 Å². The standard InChI is InChI=1S/C20H26FN5O.HI/c1-3-22-20(24-15-17-16(21)7-6-10-23-17)26-13-11-25(12-14-26)18-8-4-5-9-19(18)27-2;/h4-10H,3,11-15H2,1-2H3,(H,22,24);1H. The minimum absolute atomic E-state index is 0. The van der Waals surface area contributed by atoms with Gasteiger partial charge in [0.25, 0.3) is 0 Å². The number of pyridine rings is 1. The zero-order valence-corrected chi connectivity index (χ0v) is 18.6. The highest BCUT2D eigenvalue weighted by Gasteiger charge is 2.21. The number of aromatic nitrogens is 1. The molecule has 1 fully saturated rings. The molecule has 1 aliphatic heterocycles. The molecule has 0 unspecified atom stereocenters. The van der Waals surface area contributed by atoms with Gasteiger partial charge in [0.15, 0.2) is 5.96 Å². The third-order valence-corrected chi connectivity index (χ3v) is 4.55. The van der Waals surface area contributed by atoms with Gasteiger partial charge in [-0.25, -0.2) is 9.38 Å². The third-order valence-electron chi connectivity index (χ3n) is 4.55. The maximum Gasteiger partial charge on any atom is 0.194 e. The number of guanidine groups is 1. The minimum atomic E-state index is -0.321. The van der Waals surface area contributed by atoms with Crippen LogP contribution in [0, 0.1) is 5.82 Å². The number of para-hydroxylation sites is 2. The molecule has 0 saturated carbocycles. The summed E-state index contributed by atoms with van der Waals surface area (Å²) < 4.78 is 19.3. The predicted molar refractivity (Wildman–Crippen MR) is 121 cm³/mol. The van der Waals surface area contributed by atoms with Gasteiger partial charge in [-0.2, -0.15) is 0 Å². The number of anilines is 1. The van der Waals surface area contributed by atoms with Gasteiger partial charge in [0.05, 0.1) is 25.0 Å². The first kappa shape index (κ1) is 22.2. The number of nitrogens with zero attached hydrogens (tertiary/aromatic N) is 4. The summed E-state index contributed by atoms with van der Waals surface area (Å²) in [4.78, 5) is 13.2. The van der Waals surface area contributed by atoms with Crippen molar-refractivity contribution in [1.82, 2.24) is 15.2 Å². The Morgan fingerprint density at radius 1 is 1.18 bits per heavy atom. The summed E-state index contributed by atoms with van der Waals surface area (Å²) in [6, 6.07) is 11.1. The molecule has 0 bridgehead atoms. The Bertz CT molecular complexity index is 781. The average Bonchev–Trinajstić information content (AvgIpc) is 2.72. The van der Waals surface area contributed by atoms with Crippen molar-refractivity contribution >= 4 is 35.6 Å². The number of nitrogens with one attached hydrogen (secondary N) is 1. The molecule has 1 aromatic heterocycles. The van der Waals surface area contributed by atoms with Crippen LogP contribution in [0.1, 0.15) is 12.6 Å². The van der Waals surface area contributed by atoms with Crippen molar-refractivity contribution < 1.29 is 9.13 Å². The van der Waals surface area contributed by atoms with E-state index in [1.165, 1.54) is 6.07 Å². The first-order valence-electron chi connectivity index (χ1n) is 9.23. The van der Waals surface area contributed by atoms with E-state index in [2.05, 4.69) is 31.2 Å². The number of methoxy groups -OCH3 is 1. The Labute approximate surface area is 182 Å². The van der Waals surface area contributed by atoms with E-state index < -0.39 is 0 Å². The maximum absolute atomic E-state index is 13.8. The predicted octanol–water partition coefficient (Wildman–Crippen LogP) is 3.14.